The maximum atomic E-state index is 13.4. The van der Waals surface area contributed by atoms with Crippen LogP contribution in [-0.2, 0) is 16.0 Å². The average molecular weight is 521 g/mol. The first-order chi connectivity index (χ1) is 17.2. The molecule has 2 heterocycles. The zero-order valence-corrected chi connectivity index (χ0v) is 23.4. The Kier molecular flexibility index (Phi) is 9.66. The van der Waals surface area contributed by atoms with Crippen molar-refractivity contribution in [1.29, 1.82) is 0 Å². The molecule has 0 saturated carbocycles. The van der Waals surface area contributed by atoms with Crippen molar-refractivity contribution in [3.63, 3.8) is 0 Å². The van der Waals surface area contributed by atoms with Gasteiger partial charge in [0.2, 0.25) is 0 Å². The fourth-order valence-electron chi connectivity index (χ4n) is 3.99. The molecule has 206 valence electrons. The van der Waals surface area contributed by atoms with Gasteiger partial charge in [-0.25, -0.2) is 9.59 Å². The SMILES string of the molecule is CCOC(=O)c1[nH]c(C(NC(=O)c2[nH]c(CNC(=O)OC(C)(C)C)c(C)c2OC)C(C)C)c(C)c1OC. The monoisotopic (exact) mass is 520 g/mol. The van der Waals surface area contributed by atoms with Gasteiger partial charge >= 0.3 is 12.1 Å². The van der Waals surface area contributed by atoms with Crippen molar-refractivity contribution in [2.75, 3.05) is 20.8 Å². The molecule has 0 aliphatic carbocycles. The van der Waals surface area contributed by atoms with E-state index < -0.39 is 29.6 Å². The van der Waals surface area contributed by atoms with Gasteiger partial charge in [0, 0.05) is 22.5 Å². The Morgan fingerprint density at radius 2 is 1.54 bits per heavy atom. The number of nitrogens with one attached hydrogen (secondary N) is 4. The molecule has 1 atom stereocenters. The lowest BCUT2D eigenvalue weighted by molar-refractivity contribution is 0.0508. The van der Waals surface area contributed by atoms with Gasteiger partial charge in [0.1, 0.15) is 11.3 Å². The zero-order chi connectivity index (χ0) is 28.1. The predicted octanol–water partition coefficient (Wildman–Crippen LogP) is 4.31. The number of carbonyl (C=O) groups is 3. The minimum absolute atomic E-state index is 0.0450. The number of carbonyl (C=O) groups excluding carboxylic acids is 3. The number of aromatic amines is 2. The maximum Gasteiger partial charge on any atom is 0.407 e. The molecule has 11 heteroatoms. The Hall–Kier alpha value is -3.63. The summed E-state index contributed by atoms with van der Waals surface area (Å²) in [5.41, 5.74) is 2.41. The normalized spacial score (nSPS) is 12.2. The molecule has 0 aromatic carbocycles. The van der Waals surface area contributed by atoms with Crippen molar-refractivity contribution < 1.29 is 33.3 Å². The molecule has 0 radical (unpaired) electrons. The van der Waals surface area contributed by atoms with Crippen molar-refractivity contribution in [2.24, 2.45) is 5.92 Å². The highest BCUT2D eigenvalue weighted by atomic mass is 16.6. The van der Waals surface area contributed by atoms with Gasteiger partial charge in [-0.2, -0.15) is 0 Å². The standard InChI is InChI=1S/C26H40N4O7/c1-11-36-24(32)20-22(35-10)15(5)18(29-20)17(13(2)3)30-23(31)19-21(34-9)14(4)16(28-19)12-27-25(33)37-26(6,7)8/h13,17,28-29H,11-12H2,1-10H3,(H,27,33)(H,30,31). The first-order valence-electron chi connectivity index (χ1n) is 12.2. The molecule has 0 saturated heterocycles. The van der Waals surface area contributed by atoms with Gasteiger partial charge < -0.3 is 39.5 Å². The molecule has 2 rings (SSSR count). The predicted molar refractivity (Wildman–Crippen MR) is 138 cm³/mol. The Morgan fingerprint density at radius 3 is 2.05 bits per heavy atom. The number of ether oxygens (including phenoxy) is 4. The van der Waals surface area contributed by atoms with Gasteiger partial charge in [-0.1, -0.05) is 13.8 Å². The molecule has 0 aliphatic rings. The number of aromatic nitrogens is 2. The van der Waals surface area contributed by atoms with Gasteiger partial charge in [-0.05, 0) is 47.5 Å². The summed E-state index contributed by atoms with van der Waals surface area (Å²) >= 11 is 0. The number of esters is 1. The number of amides is 2. The van der Waals surface area contributed by atoms with Crippen LogP contribution >= 0.6 is 0 Å². The number of alkyl carbamates (subject to hydrolysis) is 1. The van der Waals surface area contributed by atoms with Crippen LogP contribution in [0.5, 0.6) is 11.5 Å². The molecule has 4 N–H and O–H groups in total. The largest absolute Gasteiger partial charge is 0.494 e. The van der Waals surface area contributed by atoms with E-state index >= 15 is 0 Å². The first-order valence-corrected chi connectivity index (χ1v) is 12.2. The second-order valence-electron chi connectivity index (χ2n) is 9.98. The van der Waals surface area contributed by atoms with Crippen molar-refractivity contribution in [3.05, 3.63) is 33.9 Å². The number of hydrogen-bond donors (Lipinski definition) is 4. The molecular formula is C26H40N4O7. The first kappa shape index (κ1) is 29.6. The highest BCUT2D eigenvalue weighted by molar-refractivity contribution is 5.96. The van der Waals surface area contributed by atoms with Gasteiger partial charge in [0.25, 0.3) is 5.91 Å². The Bertz CT molecular complexity index is 1130. The molecule has 37 heavy (non-hydrogen) atoms. The third kappa shape index (κ3) is 6.99. The van der Waals surface area contributed by atoms with E-state index in [1.165, 1.54) is 14.2 Å². The molecule has 11 nitrogen and oxygen atoms in total. The number of methoxy groups -OCH3 is 2. The van der Waals surface area contributed by atoms with E-state index in [1.807, 2.05) is 20.8 Å². The minimum Gasteiger partial charge on any atom is -0.494 e. The topological polar surface area (TPSA) is 144 Å². The Balaban J connectivity index is 2.34. The van der Waals surface area contributed by atoms with Gasteiger partial charge in [0.15, 0.2) is 17.2 Å². The van der Waals surface area contributed by atoms with E-state index in [9.17, 15) is 14.4 Å². The smallest absolute Gasteiger partial charge is 0.407 e. The van der Waals surface area contributed by atoms with E-state index in [4.69, 9.17) is 18.9 Å². The van der Waals surface area contributed by atoms with Crippen LogP contribution in [0.4, 0.5) is 4.79 Å². The summed E-state index contributed by atoms with van der Waals surface area (Å²) in [6.07, 6.45) is -0.570. The summed E-state index contributed by atoms with van der Waals surface area (Å²) in [6.45, 7) is 14.9. The lowest BCUT2D eigenvalue weighted by Crippen LogP contribution is -2.33. The molecule has 0 spiro atoms. The van der Waals surface area contributed by atoms with Crippen LogP contribution in [0.15, 0.2) is 0 Å². The van der Waals surface area contributed by atoms with Crippen LogP contribution < -0.4 is 20.1 Å². The fourth-order valence-corrected chi connectivity index (χ4v) is 3.99. The molecule has 0 bridgehead atoms. The minimum atomic E-state index is -0.630. The third-order valence-electron chi connectivity index (χ3n) is 5.72. The van der Waals surface area contributed by atoms with E-state index in [2.05, 4.69) is 20.6 Å². The second kappa shape index (κ2) is 12.1. The molecule has 1 unspecified atom stereocenters. The molecule has 2 aromatic heterocycles. The highest BCUT2D eigenvalue weighted by Crippen LogP contribution is 2.34. The van der Waals surface area contributed by atoms with Crippen LogP contribution in [0.2, 0.25) is 0 Å². The zero-order valence-electron chi connectivity index (χ0n) is 23.4. The Morgan fingerprint density at radius 1 is 0.946 bits per heavy atom. The summed E-state index contributed by atoms with van der Waals surface area (Å²) in [4.78, 5) is 44.2. The third-order valence-corrected chi connectivity index (χ3v) is 5.72. The van der Waals surface area contributed by atoms with Crippen LogP contribution in [0.25, 0.3) is 0 Å². The van der Waals surface area contributed by atoms with E-state index in [-0.39, 0.29) is 30.5 Å². The Labute approximate surface area is 218 Å². The molecular weight excluding hydrogens is 480 g/mol. The summed E-state index contributed by atoms with van der Waals surface area (Å²) < 4.78 is 21.4. The highest BCUT2D eigenvalue weighted by Gasteiger charge is 2.30. The quantitative estimate of drug-likeness (QED) is 0.342. The van der Waals surface area contributed by atoms with E-state index in [0.717, 1.165) is 0 Å². The van der Waals surface area contributed by atoms with Crippen molar-refractivity contribution >= 4 is 18.0 Å². The van der Waals surface area contributed by atoms with Crippen molar-refractivity contribution in [2.45, 2.75) is 73.6 Å². The molecule has 2 aromatic rings. The lowest BCUT2D eigenvalue weighted by Gasteiger charge is -2.22. The van der Waals surface area contributed by atoms with Crippen LogP contribution in [0.1, 0.15) is 91.1 Å². The number of rotatable bonds is 10. The van der Waals surface area contributed by atoms with E-state index in [0.29, 0.717) is 34.0 Å². The molecule has 0 aliphatic heterocycles. The second-order valence-corrected chi connectivity index (χ2v) is 9.98. The fraction of sp³-hybridized carbons (Fsp3) is 0.577. The van der Waals surface area contributed by atoms with Crippen molar-refractivity contribution in [3.8, 4) is 11.5 Å². The van der Waals surface area contributed by atoms with E-state index in [1.54, 1.807) is 34.6 Å². The summed E-state index contributed by atoms with van der Waals surface area (Å²) in [7, 11) is 2.95. The van der Waals surface area contributed by atoms with Gasteiger partial charge in [-0.15, -0.1) is 0 Å². The van der Waals surface area contributed by atoms with Crippen LogP contribution in [0.3, 0.4) is 0 Å². The van der Waals surface area contributed by atoms with Crippen molar-refractivity contribution in [1.82, 2.24) is 20.6 Å². The van der Waals surface area contributed by atoms with Gasteiger partial charge in [0.05, 0.1) is 33.4 Å². The molecule has 2 amide bonds. The van der Waals surface area contributed by atoms with Gasteiger partial charge in [-0.3, -0.25) is 4.79 Å². The lowest BCUT2D eigenvalue weighted by atomic mass is 9.98. The number of hydrogen-bond acceptors (Lipinski definition) is 7. The summed E-state index contributed by atoms with van der Waals surface area (Å²) in [5, 5.41) is 5.72. The summed E-state index contributed by atoms with van der Waals surface area (Å²) in [6, 6.07) is -0.485. The summed E-state index contributed by atoms with van der Waals surface area (Å²) in [5.74, 6) is -0.248. The average Bonchev–Trinajstić information content (AvgIpc) is 3.30. The van der Waals surface area contributed by atoms with Crippen LogP contribution in [0, 0.1) is 19.8 Å². The number of H-pyrrole nitrogens is 2. The molecule has 0 fully saturated rings. The van der Waals surface area contributed by atoms with Crippen LogP contribution in [-0.4, -0.2) is 54.4 Å². The maximum absolute atomic E-state index is 13.4.